The second-order valence-electron chi connectivity index (χ2n) is 2.60. The lowest BCUT2D eigenvalue weighted by molar-refractivity contribution is 0.322. The van der Waals surface area contributed by atoms with Crippen molar-refractivity contribution in [3.05, 3.63) is 23.3 Å². The summed E-state index contributed by atoms with van der Waals surface area (Å²) in [6.07, 6.45) is 2.34. The van der Waals surface area contributed by atoms with Crippen LogP contribution >= 0.6 is 0 Å². The molecule has 0 spiro atoms. The van der Waals surface area contributed by atoms with E-state index in [0.717, 1.165) is 0 Å². The van der Waals surface area contributed by atoms with E-state index in [4.69, 9.17) is 21.9 Å². The number of nitrogens with zero attached hydrogens (tertiary/aromatic N) is 2. The van der Waals surface area contributed by atoms with Crippen LogP contribution in [0, 0.1) is 0 Å². The number of anilines is 2. The Morgan fingerprint density at radius 3 is 1.71 bits per heavy atom. The molecular formula is C8H10N4O2. The van der Waals surface area contributed by atoms with Crippen LogP contribution in [0.15, 0.2) is 22.4 Å². The summed E-state index contributed by atoms with van der Waals surface area (Å²) in [5.74, 6) is 0. The van der Waals surface area contributed by atoms with E-state index in [9.17, 15) is 0 Å². The van der Waals surface area contributed by atoms with Gasteiger partial charge in [-0.25, -0.2) is 0 Å². The van der Waals surface area contributed by atoms with E-state index in [2.05, 4.69) is 10.3 Å². The fourth-order valence-electron chi connectivity index (χ4n) is 1.02. The van der Waals surface area contributed by atoms with Crippen LogP contribution in [-0.2, 0) is 0 Å². The Kier molecular flexibility index (Phi) is 2.90. The van der Waals surface area contributed by atoms with Gasteiger partial charge in [0.2, 0.25) is 0 Å². The van der Waals surface area contributed by atoms with Gasteiger partial charge in [0.05, 0.1) is 12.4 Å². The topological polar surface area (TPSA) is 117 Å². The molecule has 0 saturated carbocycles. The summed E-state index contributed by atoms with van der Waals surface area (Å²) in [5.41, 5.74) is 12.9. The number of benzene rings is 1. The van der Waals surface area contributed by atoms with E-state index in [0.29, 0.717) is 22.5 Å². The molecule has 1 rings (SSSR count). The van der Waals surface area contributed by atoms with Gasteiger partial charge in [0, 0.05) is 22.5 Å². The molecule has 0 heterocycles. The number of nitrogen functional groups attached to an aromatic ring is 2. The molecule has 74 valence electrons. The van der Waals surface area contributed by atoms with Gasteiger partial charge in [-0.1, -0.05) is 10.3 Å². The van der Waals surface area contributed by atoms with E-state index in [1.165, 1.54) is 18.5 Å². The average molecular weight is 194 g/mol. The van der Waals surface area contributed by atoms with Crippen LogP contribution in [0.1, 0.15) is 11.1 Å². The SMILES string of the molecule is Nc1cc(N)c(/C=N\O)cc1/C=N\O. The Balaban J connectivity index is 3.26. The minimum absolute atomic E-state index is 0.385. The Labute approximate surface area is 80.1 Å². The lowest BCUT2D eigenvalue weighted by Gasteiger charge is -2.04. The molecule has 6 N–H and O–H groups in total. The van der Waals surface area contributed by atoms with E-state index in [1.54, 1.807) is 6.07 Å². The standard InChI is InChI=1S/C8H10N4O2/c9-7-2-8(10)6(4-12-14)1-5(7)3-11-13/h1-4,13-14H,9-10H2/b11-3-,12-4-. The molecule has 0 aliphatic rings. The second-order valence-corrected chi connectivity index (χ2v) is 2.60. The summed E-state index contributed by atoms with van der Waals surface area (Å²) >= 11 is 0. The molecule has 0 aliphatic heterocycles. The van der Waals surface area contributed by atoms with Crippen molar-refractivity contribution in [3.8, 4) is 0 Å². The van der Waals surface area contributed by atoms with Gasteiger partial charge in [-0.3, -0.25) is 0 Å². The van der Waals surface area contributed by atoms with E-state index in [1.807, 2.05) is 0 Å². The predicted octanol–water partition coefficient (Wildman–Crippen LogP) is 0.467. The molecule has 0 aliphatic carbocycles. The largest absolute Gasteiger partial charge is 0.411 e. The van der Waals surface area contributed by atoms with Crippen LogP contribution in [0.4, 0.5) is 11.4 Å². The first-order chi connectivity index (χ1) is 6.69. The van der Waals surface area contributed by atoms with Gasteiger partial charge in [-0.2, -0.15) is 0 Å². The van der Waals surface area contributed by atoms with Crippen LogP contribution < -0.4 is 11.5 Å². The highest BCUT2D eigenvalue weighted by molar-refractivity contribution is 5.95. The summed E-state index contributed by atoms with van der Waals surface area (Å²) in [4.78, 5) is 0. The number of nitrogens with two attached hydrogens (primary N) is 2. The number of hydrogen-bond donors (Lipinski definition) is 4. The van der Waals surface area contributed by atoms with Gasteiger partial charge in [0.1, 0.15) is 0 Å². The maximum absolute atomic E-state index is 8.33. The fourth-order valence-corrected chi connectivity index (χ4v) is 1.02. The van der Waals surface area contributed by atoms with Crippen molar-refractivity contribution in [3.63, 3.8) is 0 Å². The molecule has 0 amide bonds. The summed E-state index contributed by atoms with van der Waals surface area (Å²) in [5, 5.41) is 22.4. The van der Waals surface area contributed by atoms with Gasteiger partial charge in [-0.05, 0) is 12.1 Å². The first kappa shape index (κ1) is 9.85. The highest BCUT2D eigenvalue weighted by Gasteiger charge is 2.02. The Morgan fingerprint density at radius 2 is 1.36 bits per heavy atom. The third-order valence-electron chi connectivity index (χ3n) is 1.68. The highest BCUT2D eigenvalue weighted by atomic mass is 16.4. The smallest absolute Gasteiger partial charge is 0.0754 e. The van der Waals surface area contributed by atoms with E-state index >= 15 is 0 Å². The van der Waals surface area contributed by atoms with Crippen molar-refractivity contribution >= 4 is 23.8 Å². The zero-order valence-corrected chi connectivity index (χ0v) is 7.25. The molecule has 14 heavy (non-hydrogen) atoms. The molecule has 1 aromatic carbocycles. The second kappa shape index (κ2) is 4.13. The van der Waals surface area contributed by atoms with Gasteiger partial charge in [0.25, 0.3) is 0 Å². The first-order valence-electron chi connectivity index (χ1n) is 3.73. The lowest BCUT2D eigenvalue weighted by atomic mass is 10.1. The maximum Gasteiger partial charge on any atom is 0.0754 e. The minimum atomic E-state index is 0.385. The van der Waals surface area contributed by atoms with Crippen LogP contribution in [0.25, 0.3) is 0 Å². The average Bonchev–Trinajstić information content (AvgIpc) is 2.14. The third kappa shape index (κ3) is 1.92. The summed E-state index contributed by atoms with van der Waals surface area (Å²) in [6.45, 7) is 0. The van der Waals surface area contributed by atoms with Gasteiger partial charge >= 0.3 is 0 Å². The number of oxime groups is 2. The molecule has 0 fully saturated rings. The molecule has 0 unspecified atom stereocenters. The van der Waals surface area contributed by atoms with Crippen LogP contribution in [-0.4, -0.2) is 22.8 Å². The van der Waals surface area contributed by atoms with Crippen molar-refractivity contribution in [1.29, 1.82) is 0 Å². The Hall–Kier alpha value is -2.24. The van der Waals surface area contributed by atoms with Gasteiger partial charge in [0.15, 0.2) is 0 Å². The molecule has 1 aromatic rings. The monoisotopic (exact) mass is 194 g/mol. The molecule has 0 atom stereocenters. The van der Waals surface area contributed by atoms with E-state index in [-0.39, 0.29) is 0 Å². The molecule has 0 radical (unpaired) electrons. The number of hydrogen-bond acceptors (Lipinski definition) is 6. The summed E-state index contributed by atoms with van der Waals surface area (Å²) in [6, 6.07) is 3.04. The zero-order valence-electron chi connectivity index (χ0n) is 7.25. The van der Waals surface area contributed by atoms with Crippen LogP contribution in [0.5, 0.6) is 0 Å². The molecular weight excluding hydrogens is 184 g/mol. The predicted molar refractivity (Wildman–Crippen MR) is 54.0 cm³/mol. The fraction of sp³-hybridized carbons (Fsp3) is 0. The zero-order chi connectivity index (χ0) is 10.6. The van der Waals surface area contributed by atoms with Crippen molar-refractivity contribution in [2.75, 3.05) is 11.5 Å². The molecule has 0 bridgehead atoms. The van der Waals surface area contributed by atoms with E-state index < -0.39 is 0 Å². The summed E-state index contributed by atoms with van der Waals surface area (Å²) in [7, 11) is 0. The van der Waals surface area contributed by atoms with Crippen LogP contribution in [0.2, 0.25) is 0 Å². The van der Waals surface area contributed by atoms with Crippen molar-refractivity contribution in [2.45, 2.75) is 0 Å². The van der Waals surface area contributed by atoms with Crippen molar-refractivity contribution < 1.29 is 10.4 Å². The van der Waals surface area contributed by atoms with Gasteiger partial charge in [-0.15, -0.1) is 0 Å². The third-order valence-corrected chi connectivity index (χ3v) is 1.68. The molecule has 6 nitrogen and oxygen atoms in total. The number of rotatable bonds is 2. The van der Waals surface area contributed by atoms with Gasteiger partial charge < -0.3 is 21.9 Å². The summed E-state index contributed by atoms with van der Waals surface area (Å²) < 4.78 is 0. The Morgan fingerprint density at radius 1 is 0.929 bits per heavy atom. The Bertz CT molecular complexity index is 354. The van der Waals surface area contributed by atoms with Crippen molar-refractivity contribution in [2.24, 2.45) is 10.3 Å². The molecule has 0 aromatic heterocycles. The molecule has 0 saturated heterocycles. The van der Waals surface area contributed by atoms with Crippen LogP contribution in [0.3, 0.4) is 0 Å². The first-order valence-corrected chi connectivity index (χ1v) is 3.73. The van der Waals surface area contributed by atoms with Crippen molar-refractivity contribution in [1.82, 2.24) is 0 Å². The maximum atomic E-state index is 8.33. The molecule has 6 heteroatoms. The normalized spacial score (nSPS) is 11.4. The minimum Gasteiger partial charge on any atom is -0.411 e. The quantitative estimate of drug-likeness (QED) is 0.237. The lowest BCUT2D eigenvalue weighted by Crippen LogP contribution is -2.00. The highest BCUT2D eigenvalue weighted by Crippen LogP contribution is 2.18.